The molecule has 2 nitrogen and oxygen atoms in total. The van der Waals surface area contributed by atoms with Crippen molar-refractivity contribution in [2.24, 2.45) is 0 Å². The molecule has 0 bridgehead atoms. The molecule has 2 unspecified atom stereocenters. The zero-order chi connectivity index (χ0) is 24.1. The van der Waals surface area contributed by atoms with E-state index in [4.69, 9.17) is 0 Å². The van der Waals surface area contributed by atoms with E-state index in [1.54, 1.807) is 0 Å². The number of carbonyl (C=O) groups is 2. The summed E-state index contributed by atoms with van der Waals surface area (Å²) in [4.78, 5) is 22.8. The van der Waals surface area contributed by atoms with Gasteiger partial charge < -0.3 is 0 Å². The van der Waals surface area contributed by atoms with Crippen LogP contribution in [-0.2, 0) is 10.8 Å². The van der Waals surface area contributed by atoms with Gasteiger partial charge in [-0.25, -0.2) is 0 Å². The van der Waals surface area contributed by atoms with Crippen LogP contribution in [0.4, 0.5) is 0 Å². The first-order valence-electron chi connectivity index (χ1n) is 11.7. The summed E-state index contributed by atoms with van der Waals surface area (Å²) in [5.74, 6) is 0. The Morgan fingerprint density at radius 3 is 1.21 bits per heavy atom. The first-order chi connectivity index (χ1) is 16.3. The van der Waals surface area contributed by atoms with Crippen LogP contribution in [0.1, 0.15) is 67.9 Å². The molecule has 34 heavy (non-hydrogen) atoms. The van der Waals surface area contributed by atoms with Gasteiger partial charge in [0.2, 0.25) is 0 Å². The van der Waals surface area contributed by atoms with Crippen LogP contribution in [-0.4, -0.2) is 12.6 Å². The third-order valence-corrected chi connectivity index (χ3v) is 7.97. The van der Waals surface area contributed by atoms with Gasteiger partial charge in [0.1, 0.15) is 12.6 Å². The van der Waals surface area contributed by atoms with Crippen molar-refractivity contribution in [2.75, 3.05) is 0 Å². The molecule has 1 aliphatic carbocycles. The predicted octanol–water partition coefficient (Wildman–Crippen LogP) is 7.22. The summed E-state index contributed by atoms with van der Waals surface area (Å²) in [6.07, 6.45) is 1.78. The molecule has 168 valence electrons. The topological polar surface area (TPSA) is 34.1 Å². The lowest BCUT2D eigenvalue weighted by Crippen LogP contribution is -2.49. The maximum absolute atomic E-state index is 11.4. The molecule has 0 aromatic heterocycles. The normalized spacial score (nSPS) is 20.8. The number of aldehydes is 2. The number of hydrogen-bond acceptors (Lipinski definition) is 2. The van der Waals surface area contributed by atoms with E-state index in [2.05, 4.69) is 88.4 Å². The van der Waals surface area contributed by atoms with Gasteiger partial charge in [-0.3, -0.25) is 9.59 Å². The monoisotopic (exact) mass is 444 g/mol. The molecule has 0 aliphatic heterocycles. The molecule has 1 aliphatic rings. The zero-order valence-electron chi connectivity index (χ0n) is 20.1. The third kappa shape index (κ3) is 3.02. The van der Waals surface area contributed by atoms with E-state index in [1.807, 2.05) is 24.3 Å². The van der Waals surface area contributed by atoms with E-state index in [9.17, 15) is 9.59 Å². The quantitative estimate of drug-likeness (QED) is 0.311. The summed E-state index contributed by atoms with van der Waals surface area (Å²) in [5, 5.41) is 0. The lowest BCUT2D eigenvalue weighted by molar-refractivity contribution is 0.111. The van der Waals surface area contributed by atoms with Crippen molar-refractivity contribution in [2.45, 2.75) is 38.5 Å². The lowest BCUT2D eigenvalue weighted by atomic mass is 9.49. The molecule has 4 aromatic carbocycles. The molecule has 0 saturated carbocycles. The first-order valence-corrected chi connectivity index (χ1v) is 11.7. The molecule has 4 aromatic rings. The van der Waals surface area contributed by atoms with Crippen LogP contribution in [0, 0.1) is 13.8 Å². The Bertz CT molecular complexity index is 1300. The summed E-state index contributed by atoms with van der Waals surface area (Å²) < 4.78 is 0. The zero-order valence-corrected chi connectivity index (χ0v) is 20.1. The molecule has 0 amide bonds. The van der Waals surface area contributed by atoms with E-state index in [0.717, 1.165) is 23.7 Å². The van der Waals surface area contributed by atoms with Gasteiger partial charge in [-0.05, 0) is 47.2 Å². The van der Waals surface area contributed by atoms with Crippen LogP contribution in [0.2, 0.25) is 0 Å². The van der Waals surface area contributed by atoms with Gasteiger partial charge in [-0.15, -0.1) is 0 Å². The molecule has 0 spiro atoms. The fourth-order valence-electron chi connectivity index (χ4n) is 5.83. The Kier molecular flexibility index (Phi) is 5.13. The largest absolute Gasteiger partial charge is 0.298 e. The Morgan fingerprint density at radius 2 is 0.882 bits per heavy atom. The van der Waals surface area contributed by atoms with Gasteiger partial charge in [0, 0.05) is 22.0 Å². The van der Waals surface area contributed by atoms with Gasteiger partial charge in [0.25, 0.3) is 0 Å². The molecule has 0 fully saturated rings. The average Bonchev–Trinajstić information content (AvgIpc) is 2.87. The molecule has 0 radical (unpaired) electrons. The van der Waals surface area contributed by atoms with Crippen molar-refractivity contribution in [3.63, 3.8) is 0 Å². The van der Waals surface area contributed by atoms with Crippen LogP contribution in [0.5, 0.6) is 0 Å². The van der Waals surface area contributed by atoms with Crippen LogP contribution < -0.4 is 0 Å². The average molecular weight is 445 g/mol. The molecule has 0 saturated heterocycles. The summed E-state index contributed by atoms with van der Waals surface area (Å²) >= 11 is 0. The first kappa shape index (κ1) is 22.0. The minimum absolute atomic E-state index is 0.431. The van der Waals surface area contributed by atoms with Crippen molar-refractivity contribution >= 4 is 12.6 Å². The van der Waals surface area contributed by atoms with E-state index in [0.29, 0.717) is 11.1 Å². The van der Waals surface area contributed by atoms with Gasteiger partial charge >= 0.3 is 0 Å². The fourth-order valence-corrected chi connectivity index (χ4v) is 5.83. The summed E-state index contributed by atoms with van der Waals surface area (Å²) in [6.45, 7) is 8.91. The number of aryl methyl sites for hydroxylation is 2. The van der Waals surface area contributed by atoms with Crippen LogP contribution >= 0.6 is 0 Å². The van der Waals surface area contributed by atoms with E-state index in [1.165, 1.54) is 33.4 Å². The van der Waals surface area contributed by atoms with Gasteiger partial charge in [-0.1, -0.05) is 110 Å². The number of hydrogen-bond donors (Lipinski definition) is 0. The SMILES string of the molecule is Cc1ccc2c(c1)C(C)(c1ccc(C=O)cc1)C(C)(c1ccc(C=O)cc1)c1cc(C)ccc1-2. The third-order valence-electron chi connectivity index (χ3n) is 7.97. The Balaban J connectivity index is 1.93. The lowest BCUT2D eigenvalue weighted by Gasteiger charge is -2.53. The summed E-state index contributed by atoms with van der Waals surface area (Å²) in [6, 6.07) is 29.5. The van der Waals surface area contributed by atoms with Gasteiger partial charge in [-0.2, -0.15) is 0 Å². The van der Waals surface area contributed by atoms with Crippen molar-refractivity contribution < 1.29 is 9.59 Å². The smallest absolute Gasteiger partial charge is 0.150 e. The fraction of sp³-hybridized carbons (Fsp3) is 0.188. The maximum Gasteiger partial charge on any atom is 0.150 e. The molecule has 2 atom stereocenters. The summed E-state index contributed by atoms with van der Waals surface area (Å²) in [7, 11) is 0. The second-order valence-electron chi connectivity index (χ2n) is 9.83. The van der Waals surface area contributed by atoms with E-state index < -0.39 is 10.8 Å². The predicted molar refractivity (Wildman–Crippen MR) is 138 cm³/mol. The minimum Gasteiger partial charge on any atom is -0.298 e. The standard InChI is InChI=1S/C32H28O2/c1-21-5-15-27-28-16-6-22(2)18-30(28)32(4,26-13-9-24(20-34)10-14-26)31(3,29(27)17-21)25-11-7-23(19-33)8-12-25/h5-20H,1-4H3. The Hall–Kier alpha value is -3.78. The minimum atomic E-state index is -0.431. The number of benzene rings is 4. The molecule has 0 heterocycles. The Labute approximate surface area is 201 Å². The van der Waals surface area contributed by atoms with E-state index >= 15 is 0 Å². The van der Waals surface area contributed by atoms with Gasteiger partial charge in [0.05, 0.1) is 0 Å². The molecule has 0 N–H and O–H groups in total. The Morgan fingerprint density at radius 1 is 0.529 bits per heavy atom. The van der Waals surface area contributed by atoms with Crippen LogP contribution in [0.15, 0.2) is 84.9 Å². The van der Waals surface area contributed by atoms with E-state index in [-0.39, 0.29) is 0 Å². The number of rotatable bonds is 4. The van der Waals surface area contributed by atoms with Crippen LogP contribution in [0.3, 0.4) is 0 Å². The maximum atomic E-state index is 11.4. The highest BCUT2D eigenvalue weighted by Crippen LogP contribution is 2.60. The highest BCUT2D eigenvalue weighted by atomic mass is 16.1. The highest BCUT2D eigenvalue weighted by Gasteiger charge is 2.53. The molecule has 5 rings (SSSR count). The van der Waals surface area contributed by atoms with Gasteiger partial charge in [0.15, 0.2) is 0 Å². The molecule has 2 heteroatoms. The second kappa shape index (κ2) is 7.92. The van der Waals surface area contributed by atoms with Crippen molar-refractivity contribution in [1.82, 2.24) is 0 Å². The molecular weight excluding hydrogens is 416 g/mol. The van der Waals surface area contributed by atoms with Crippen LogP contribution in [0.25, 0.3) is 11.1 Å². The molecular formula is C32H28O2. The van der Waals surface area contributed by atoms with Crippen molar-refractivity contribution in [3.05, 3.63) is 129 Å². The van der Waals surface area contributed by atoms with Crippen molar-refractivity contribution in [1.29, 1.82) is 0 Å². The summed E-state index contributed by atoms with van der Waals surface area (Å²) in [5.41, 5.74) is 10.2. The highest BCUT2D eigenvalue weighted by molar-refractivity contribution is 5.82. The van der Waals surface area contributed by atoms with Crippen molar-refractivity contribution in [3.8, 4) is 11.1 Å². The second-order valence-corrected chi connectivity index (χ2v) is 9.83. The number of fused-ring (bicyclic) bond motifs is 3. The number of carbonyl (C=O) groups excluding carboxylic acids is 2.